The number of aliphatic hydroxyl groups excluding tert-OH is 1. The summed E-state index contributed by atoms with van der Waals surface area (Å²) in [7, 11) is 0. The van der Waals surface area contributed by atoms with Crippen LogP contribution in [-0.2, 0) is 13.1 Å². The van der Waals surface area contributed by atoms with Gasteiger partial charge >= 0.3 is 11.9 Å². The first-order chi connectivity index (χ1) is 15.6. The lowest BCUT2D eigenvalue weighted by Gasteiger charge is -2.15. The van der Waals surface area contributed by atoms with Crippen LogP contribution in [0.4, 0.5) is 13.2 Å². The summed E-state index contributed by atoms with van der Waals surface area (Å²) in [5.74, 6) is -0.0455. The number of nitrogens with zero attached hydrogens (tertiary/aromatic N) is 5. The predicted molar refractivity (Wildman–Crippen MR) is 118 cm³/mol. The first kappa shape index (κ1) is 23.4. The van der Waals surface area contributed by atoms with E-state index in [0.29, 0.717) is 31.2 Å². The average molecular weight is 516 g/mol. The summed E-state index contributed by atoms with van der Waals surface area (Å²) in [5, 5.41) is 23.7. The first-order valence-corrected chi connectivity index (χ1v) is 11.0. The fourth-order valence-electron chi connectivity index (χ4n) is 2.99. The van der Waals surface area contributed by atoms with Crippen LogP contribution in [0.2, 0.25) is 10.0 Å². The summed E-state index contributed by atoms with van der Waals surface area (Å²) in [6.45, 7) is -1.14. The number of hydrogen-bond acceptors (Lipinski definition) is 6. The average Bonchev–Trinajstić information content (AvgIpc) is 3.34. The van der Waals surface area contributed by atoms with E-state index in [2.05, 4.69) is 15.3 Å². The molecular formula is C20H14Cl2F3N5O2S. The van der Waals surface area contributed by atoms with E-state index in [1.165, 1.54) is 35.6 Å². The molecule has 172 valence electrons. The highest BCUT2D eigenvalue weighted by molar-refractivity contribution is 7.14. The van der Waals surface area contributed by atoms with E-state index in [1.54, 1.807) is 24.3 Å². The third-order valence-corrected chi connectivity index (χ3v) is 6.14. The summed E-state index contributed by atoms with van der Waals surface area (Å²) in [5.41, 5.74) is 0.187. The van der Waals surface area contributed by atoms with Gasteiger partial charge in [0.1, 0.15) is 16.6 Å². The normalized spacial score (nSPS) is 12.8. The van der Waals surface area contributed by atoms with Crippen molar-refractivity contribution in [2.24, 2.45) is 0 Å². The van der Waals surface area contributed by atoms with E-state index in [4.69, 9.17) is 23.2 Å². The SMILES string of the molecule is O=c1n(Cc2nnc(-c3ccccc3Cl)s2)nc(-c2ccc(Cl)cc2)n1CC(O)C(F)(F)F. The zero-order valence-corrected chi connectivity index (χ0v) is 18.8. The van der Waals surface area contributed by atoms with Crippen molar-refractivity contribution in [3.63, 3.8) is 0 Å². The molecule has 0 fully saturated rings. The molecule has 33 heavy (non-hydrogen) atoms. The number of hydrogen-bond donors (Lipinski definition) is 1. The molecule has 1 N–H and O–H groups in total. The molecule has 2 aromatic carbocycles. The first-order valence-electron chi connectivity index (χ1n) is 9.39. The van der Waals surface area contributed by atoms with Gasteiger partial charge in [0, 0.05) is 16.1 Å². The zero-order valence-electron chi connectivity index (χ0n) is 16.5. The van der Waals surface area contributed by atoms with Gasteiger partial charge in [-0.1, -0.05) is 52.7 Å². The monoisotopic (exact) mass is 515 g/mol. The van der Waals surface area contributed by atoms with Gasteiger partial charge in [-0.05, 0) is 30.3 Å². The molecule has 1 unspecified atom stereocenters. The number of benzene rings is 2. The van der Waals surface area contributed by atoms with Crippen LogP contribution in [0.5, 0.6) is 0 Å². The minimum absolute atomic E-state index is 0.0455. The topological polar surface area (TPSA) is 85.8 Å². The highest BCUT2D eigenvalue weighted by Crippen LogP contribution is 2.30. The number of alkyl halides is 3. The minimum atomic E-state index is -4.90. The summed E-state index contributed by atoms with van der Waals surface area (Å²) < 4.78 is 40.7. The quantitative estimate of drug-likeness (QED) is 0.408. The smallest absolute Gasteiger partial charge is 0.382 e. The van der Waals surface area contributed by atoms with Crippen molar-refractivity contribution in [2.75, 3.05) is 0 Å². The van der Waals surface area contributed by atoms with Crippen LogP contribution in [0.15, 0.2) is 53.3 Å². The predicted octanol–water partition coefficient (Wildman–Crippen LogP) is 4.51. The number of aromatic nitrogens is 5. The molecule has 13 heteroatoms. The third kappa shape index (κ3) is 5.11. The largest absolute Gasteiger partial charge is 0.416 e. The zero-order chi connectivity index (χ0) is 23.8. The van der Waals surface area contributed by atoms with Crippen molar-refractivity contribution in [3.05, 3.63) is 74.1 Å². The lowest BCUT2D eigenvalue weighted by atomic mass is 10.2. The summed E-state index contributed by atoms with van der Waals surface area (Å²) >= 11 is 13.2. The molecule has 0 spiro atoms. The Morgan fingerprint density at radius 2 is 1.76 bits per heavy atom. The molecule has 0 saturated carbocycles. The Balaban J connectivity index is 1.71. The van der Waals surface area contributed by atoms with Crippen LogP contribution in [0, 0.1) is 0 Å². The summed E-state index contributed by atoms with van der Waals surface area (Å²) in [6.07, 6.45) is -7.64. The summed E-state index contributed by atoms with van der Waals surface area (Å²) in [4.78, 5) is 12.9. The second-order valence-electron chi connectivity index (χ2n) is 6.92. The minimum Gasteiger partial charge on any atom is -0.382 e. The highest BCUT2D eigenvalue weighted by atomic mass is 35.5. The van der Waals surface area contributed by atoms with Crippen molar-refractivity contribution >= 4 is 34.5 Å². The lowest BCUT2D eigenvalue weighted by molar-refractivity contribution is -0.207. The molecule has 0 bridgehead atoms. The number of halogens is 5. The van der Waals surface area contributed by atoms with Crippen LogP contribution in [0.3, 0.4) is 0 Å². The Morgan fingerprint density at radius 3 is 2.42 bits per heavy atom. The fourth-order valence-corrected chi connectivity index (χ4v) is 4.26. The van der Waals surface area contributed by atoms with Crippen molar-refractivity contribution in [1.82, 2.24) is 24.5 Å². The van der Waals surface area contributed by atoms with E-state index in [0.717, 1.165) is 9.25 Å². The van der Waals surface area contributed by atoms with Crippen LogP contribution >= 0.6 is 34.5 Å². The van der Waals surface area contributed by atoms with Gasteiger partial charge in [-0.25, -0.2) is 9.48 Å². The standard InChI is InChI=1S/C20H14Cl2F3N5O2S/c21-12-7-5-11(6-8-12)17-28-30(19(32)29(17)9-15(31)20(23,24)25)10-16-26-27-18(33-16)13-3-1-2-4-14(13)22/h1-8,15,31H,9-10H2. The Morgan fingerprint density at radius 1 is 1.06 bits per heavy atom. The van der Waals surface area contributed by atoms with Gasteiger partial charge in [-0.2, -0.15) is 13.2 Å². The Bertz CT molecular complexity index is 1330. The molecule has 0 saturated heterocycles. The van der Waals surface area contributed by atoms with Crippen molar-refractivity contribution in [3.8, 4) is 22.0 Å². The van der Waals surface area contributed by atoms with E-state index in [9.17, 15) is 23.1 Å². The summed E-state index contributed by atoms with van der Waals surface area (Å²) in [6, 6.07) is 13.1. The number of rotatable bonds is 6. The van der Waals surface area contributed by atoms with Gasteiger partial charge in [0.15, 0.2) is 11.9 Å². The highest BCUT2D eigenvalue weighted by Gasteiger charge is 2.39. The molecule has 4 rings (SSSR count). The van der Waals surface area contributed by atoms with Crippen molar-refractivity contribution in [1.29, 1.82) is 0 Å². The maximum absolute atomic E-state index is 13.0. The van der Waals surface area contributed by atoms with Crippen LogP contribution in [0.25, 0.3) is 22.0 Å². The van der Waals surface area contributed by atoms with Gasteiger partial charge in [-0.3, -0.25) is 4.57 Å². The second kappa shape index (κ2) is 9.26. The molecule has 0 aliphatic carbocycles. The lowest BCUT2D eigenvalue weighted by Crippen LogP contribution is -2.37. The molecule has 0 aliphatic rings. The molecule has 2 aromatic heterocycles. The maximum atomic E-state index is 13.0. The molecule has 2 heterocycles. The van der Waals surface area contributed by atoms with Gasteiger partial charge in [0.05, 0.1) is 11.6 Å². The van der Waals surface area contributed by atoms with Gasteiger partial charge in [0.2, 0.25) is 0 Å². The Hall–Kier alpha value is -2.73. The maximum Gasteiger partial charge on any atom is 0.416 e. The van der Waals surface area contributed by atoms with Gasteiger partial charge in [0.25, 0.3) is 0 Å². The third-order valence-electron chi connectivity index (χ3n) is 4.61. The van der Waals surface area contributed by atoms with Gasteiger partial charge < -0.3 is 5.11 Å². The van der Waals surface area contributed by atoms with Crippen LogP contribution < -0.4 is 5.69 Å². The molecule has 0 amide bonds. The van der Waals surface area contributed by atoms with E-state index < -0.39 is 24.5 Å². The van der Waals surface area contributed by atoms with Crippen LogP contribution in [0.1, 0.15) is 5.01 Å². The molecule has 0 radical (unpaired) electrons. The van der Waals surface area contributed by atoms with E-state index >= 15 is 0 Å². The molecule has 0 aliphatic heterocycles. The Kier molecular flexibility index (Phi) is 6.57. The van der Waals surface area contributed by atoms with E-state index in [-0.39, 0.29) is 12.4 Å². The molecular weight excluding hydrogens is 502 g/mol. The Labute approximate surface area is 198 Å². The fraction of sp³-hybridized carbons (Fsp3) is 0.200. The molecule has 1 atom stereocenters. The van der Waals surface area contributed by atoms with Crippen molar-refractivity contribution < 1.29 is 18.3 Å². The molecule has 4 aromatic rings. The van der Waals surface area contributed by atoms with E-state index in [1.807, 2.05) is 0 Å². The van der Waals surface area contributed by atoms with Gasteiger partial charge in [-0.15, -0.1) is 15.3 Å². The molecule has 7 nitrogen and oxygen atoms in total. The van der Waals surface area contributed by atoms with Crippen molar-refractivity contribution in [2.45, 2.75) is 25.4 Å². The number of aliphatic hydroxyl groups is 1. The second-order valence-corrected chi connectivity index (χ2v) is 8.83. The van der Waals surface area contributed by atoms with Crippen LogP contribution in [-0.4, -0.2) is 41.9 Å².